The van der Waals surface area contributed by atoms with Crippen LogP contribution in [0.15, 0.2) is 48.5 Å². The van der Waals surface area contributed by atoms with Gasteiger partial charge in [0.05, 0.1) is 21.8 Å². The maximum absolute atomic E-state index is 12.9. The number of aromatic nitrogens is 1. The number of likely N-dealkylation sites (tertiary alicyclic amines) is 1. The van der Waals surface area contributed by atoms with Crippen molar-refractivity contribution in [1.82, 2.24) is 9.88 Å². The van der Waals surface area contributed by atoms with Gasteiger partial charge in [0, 0.05) is 24.7 Å². The molecule has 0 bridgehead atoms. The molecule has 1 saturated heterocycles. The first-order chi connectivity index (χ1) is 13.3. The fourth-order valence-corrected chi connectivity index (χ4v) is 5.43. The Morgan fingerprint density at radius 2 is 1.96 bits per heavy atom. The molecule has 5 heteroatoms. The summed E-state index contributed by atoms with van der Waals surface area (Å²) in [5, 5.41) is 1.22. The summed E-state index contributed by atoms with van der Waals surface area (Å²) in [5.74, 6) is 0.666. The molecule has 5 rings (SSSR count). The van der Waals surface area contributed by atoms with Crippen LogP contribution >= 0.6 is 11.3 Å². The predicted molar refractivity (Wildman–Crippen MR) is 111 cm³/mol. The third-order valence-electron chi connectivity index (χ3n) is 5.71. The summed E-state index contributed by atoms with van der Waals surface area (Å²) in [6.45, 7) is 3.26. The molecule has 27 heavy (non-hydrogen) atoms. The Morgan fingerprint density at radius 1 is 1.11 bits per heavy atom. The lowest BCUT2D eigenvalue weighted by atomic mass is 9.98. The van der Waals surface area contributed by atoms with Gasteiger partial charge in [-0.15, -0.1) is 11.3 Å². The maximum Gasteiger partial charge on any atom is 0.241 e. The topological polar surface area (TPSA) is 36.4 Å². The lowest BCUT2D eigenvalue weighted by Crippen LogP contribution is -2.43. The van der Waals surface area contributed by atoms with Crippen LogP contribution in [0.3, 0.4) is 0 Å². The first-order valence-electron chi connectivity index (χ1n) is 9.74. The van der Waals surface area contributed by atoms with E-state index in [-0.39, 0.29) is 5.91 Å². The molecule has 0 radical (unpaired) electrons. The van der Waals surface area contributed by atoms with Crippen molar-refractivity contribution in [3.05, 3.63) is 59.1 Å². The Bertz CT molecular complexity index is 949. The van der Waals surface area contributed by atoms with Crippen molar-refractivity contribution in [2.45, 2.75) is 25.2 Å². The Morgan fingerprint density at radius 3 is 2.89 bits per heavy atom. The standard InChI is InChI=1S/C22H23N3OS/c26-21(25-13-11-16-6-1-3-9-19(16)25)15-24-12-5-7-17(14-24)22-23-18-8-2-4-10-20(18)27-22/h1-4,6,8-10,17H,5,7,11-15H2/t17-/m1/s1. The number of hydrogen-bond donors (Lipinski definition) is 0. The molecule has 2 aliphatic rings. The second-order valence-corrected chi connectivity index (χ2v) is 8.58. The number of carbonyl (C=O) groups excluding carboxylic acids is 1. The Labute approximate surface area is 163 Å². The van der Waals surface area contributed by atoms with Gasteiger partial charge in [-0.25, -0.2) is 4.98 Å². The van der Waals surface area contributed by atoms with Gasteiger partial charge in [0.25, 0.3) is 0 Å². The second-order valence-electron chi connectivity index (χ2n) is 7.52. The lowest BCUT2D eigenvalue weighted by molar-refractivity contribution is -0.119. The highest BCUT2D eigenvalue weighted by Crippen LogP contribution is 2.33. The van der Waals surface area contributed by atoms with Crippen molar-refractivity contribution in [2.24, 2.45) is 0 Å². The normalized spacial score (nSPS) is 20.1. The zero-order chi connectivity index (χ0) is 18.2. The Hall–Kier alpha value is -2.24. The largest absolute Gasteiger partial charge is 0.311 e. The van der Waals surface area contributed by atoms with Crippen molar-refractivity contribution in [2.75, 3.05) is 31.1 Å². The van der Waals surface area contributed by atoms with Gasteiger partial charge in [0.15, 0.2) is 0 Å². The number of fused-ring (bicyclic) bond motifs is 2. The fraction of sp³-hybridized carbons (Fsp3) is 0.364. The van der Waals surface area contributed by atoms with Crippen molar-refractivity contribution in [3.63, 3.8) is 0 Å². The highest BCUT2D eigenvalue weighted by atomic mass is 32.1. The fourth-order valence-electron chi connectivity index (χ4n) is 4.34. The minimum Gasteiger partial charge on any atom is -0.311 e. The van der Waals surface area contributed by atoms with Crippen molar-refractivity contribution >= 4 is 33.1 Å². The molecule has 2 aromatic carbocycles. The van der Waals surface area contributed by atoms with Crippen LogP contribution in [-0.4, -0.2) is 42.0 Å². The van der Waals surface area contributed by atoms with Crippen molar-refractivity contribution in [3.8, 4) is 0 Å². The molecule has 3 heterocycles. The van der Waals surface area contributed by atoms with E-state index in [0.29, 0.717) is 12.5 Å². The summed E-state index contributed by atoms with van der Waals surface area (Å²) < 4.78 is 1.26. The van der Waals surface area contributed by atoms with Gasteiger partial charge in [-0.3, -0.25) is 9.69 Å². The van der Waals surface area contributed by atoms with E-state index in [0.717, 1.165) is 50.1 Å². The molecule has 1 atom stereocenters. The molecule has 0 saturated carbocycles. The number of piperidine rings is 1. The Kier molecular flexibility index (Phi) is 4.42. The molecule has 0 unspecified atom stereocenters. The minimum absolute atomic E-state index is 0.227. The van der Waals surface area contributed by atoms with Crippen LogP contribution in [0.4, 0.5) is 5.69 Å². The van der Waals surface area contributed by atoms with Gasteiger partial charge in [0.2, 0.25) is 5.91 Å². The number of hydrogen-bond acceptors (Lipinski definition) is 4. The SMILES string of the molecule is O=C(CN1CCC[C@@H](c2nc3ccccc3s2)C1)N1CCc2ccccc21. The number of thiazole rings is 1. The van der Waals surface area contributed by atoms with E-state index in [1.165, 1.54) is 15.3 Å². The van der Waals surface area contributed by atoms with Crippen LogP contribution in [0.25, 0.3) is 10.2 Å². The third-order valence-corrected chi connectivity index (χ3v) is 6.91. The van der Waals surface area contributed by atoms with Crippen LogP contribution in [0.2, 0.25) is 0 Å². The minimum atomic E-state index is 0.227. The number of para-hydroxylation sites is 2. The summed E-state index contributed by atoms with van der Waals surface area (Å²) in [6.07, 6.45) is 3.26. The van der Waals surface area contributed by atoms with E-state index in [1.807, 2.05) is 28.4 Å². The summed E-state index contributed by atoms with van der Waals surface area (Å²) in [5.41, 5.74) is 3.48. The van der Waals surface area contributed by atoms with Crippen LogP contribution in [0.1, 0.15) is 29.3 Å². The van der Waals surface area contributed by atoms with E-state index < -0.39 is 0 Å². The molecular weight excluding hydrogens is 354 g/mol. The van der Waals surface area contributed by atoms with Crippen LogP contribution < -0.4 is 4.90 Å². The zero-order valence-electron chi connectivity index (χ0n) is 15.3. The predicted octanol–water partition coefficient (Wildman–Crippen LogP) is 4.07. The van der Waals surface area contributed by atoms with Crippen molar-refractivity contribution in [1.29, 1.82) is 0 Å². The molecular formula is C22H23N3OS. The number of anilines is 1. The summed E-state index contributed by atoms with van der Waals surface area (Å²) in [6, 6.07) is 16.6. The van der Waals surface area contributed by atoms with Gasteiger partial charge >= 0.3 is 0 Å². The van der Waals surface area contributed by atoms with E-state index in [2.05, 4.69) is 41.3 Å². The summed E-state index contributed by atoms with van der Waals surface area (Å²) in [7, 11) is 0. The van der Waals surface area contributed by atoms with E-state index in [4.69, 9.17) is 4.98 Å². The number of amides is 1. The number of carbonyl (C=O) groups is 1. The number of nitrogens with zero attached hydrogens (tertiary/aromatic N) is 3. The smallest absolute Gasteiger partial charge is 0.241 e. The monoisotopic (exact) mass is 377 g/mol. The van der Waals surface area contributed by atoms with Gasteiger partial charge in [-0.2, -0.15) is 0 Å². The van der Waals surface area contributed by atoms with Gasteiger partial charge in [-0.05, 0) is 49.6 Å². The molecule has 4 nitrogen and oxygen atoms in total. The first-order valence-corrected chi connectivity index (χ1v) is 10.6. The van der Waals surface area contributed by atoms with Gasteiger partial charge < -0.3 is 4.90 Å². The van der Waals surface area contributed by atoms with E-state index >= 15 is 0 Å². The molecule has 2 aliphatic heterocycles. The molecule has 138 valence electrons. The van der Waals surface area contributed by atoms with E-state index in [1.54, 1.807) is 0 Å². The average Bonchev–Trinajstić information content (AvgIpc) is 3.32. The molecule has 3 aromatic rings. The zero-order valence-corrected chi connectivity index (χ0v) is 16.1. The van der Waals surface area contributed by atoms with Gasteiger partial charge in [0.1, 0.15) is 0 Å². The van der Waals surface area contributed by atoms with Crippen LogP contribution in [-0.2, 0) is 11.2 Å². The quantitative estimate of drug-likeness (QED) is 0.690. The summed E-state index contributed by atoms with van der Waals surface area (Å²) >= 11 is 1.81. The van der Waals surface area contributed by atoms with Crippen LogP contribution in [0.5, 0.6) is 0 Å². The van der Waals surface area contributed by atoms with Crippen molar-refractivity contribution < 1.29 is 4.79 Å². The van der Waals surface area contributed by atoms with Gasteiger partial charge in [-0.1, -0.05) is 30.3 Å². The maximum atomic E-state index is 12.9. The lowest BCUT2D eigenvalue weighted by Gasteiger charge is -2.32. The Balaban J connectivity index is 1.28. The molecule has 0 N–H and O–H groups in total. The average molecular weight is 378 g/mol. The highest BCUT2D eigenvalue weighted by Gasteiger charge is 2.29. The molecule has 0 aliphatic carbocycles. The first kappa shape index (κ1) is 16.9. The number of benzene rings is 2. The summed E-state index contributed by atoms with van der Waals surface area (Å²) in [4.78, 5) is 22.1. The third kappa shape index (κ3) is 3.26. The molecule has 1 aromatic heterocycles. The molecule has 1 fully saturated rings. The molecule has 1 amide bonds. The second kappa shape index (κ2) is 7.06. The van der Waals surface area contributed by atoms with Crippen LogP contribution in [0, 0.1) is 0 Å². The number of rotatable bonds is 3. The highest BCUT2D eigenvalue weighted by molar-refractivity contribution is 7.18. The van der Waals surface area contributed by atoms with E-state index in [9.17, 15) is 4.79 Å². The molecule has 0 spiro atoms.